The van der Waals surface area contributed by atoms with Gasteiger partial charge in [0.25, 0.3) is 0 Å². The summed E-state index contributed by atoms with van der Waals surface area (Å²) in [7, 11) is 0. The first-order chi connectivity index (χ1) is 26.6. The molecule has 0 aliphatic heterocycles. The summed E-state index contributed by atoms with van der Waals surface area (Å²) in [6, 6.07) is 50.6. The van der Waals surface area contributed by atoms with E-state index >= 15 is 0 Å². The van der Waals surface area contributed by atoms with Crippen molar-refractivity contribution >= 4 is 78.2 Å². The molecule has 8 aromatic rings. The molecule has 0 saturated heterocycles. The number of hydrogen-bond acceptors (Lipinski definition) is 0. The lowest BCUT2D eigenvalue weighted by Gasteiger charge is -2.07. The Bertz CT molecular complexity index is 2450. The molecular weight excluding hydrogens is 649 g/mol. The molecule has 0 heterocycles. The van der Waals surface area contributed by atoms with Crippen LogP contribution in [0.5, 0.6) is 0 Å². The Morgan fingerprint density at radius 2 is 0.574 bits per heavy atom. The zero-order valence-corrected chi connectivity index (χ0v) is 32.1. The van der Waals surface area contributed by atoms with Crippen LogP contribution in [0.4, 0.5) is 0 Å². The third kappa shape index (κ3) is 8.50. The molecule has 0 aliphatic carbocycles. The molecule has 0 aliphatic rings. The average Bonchev–Trinajstić information content (AvgIpc) is 3.20. The summed E-state index contributed by atoms with van der Waals surface area (Å²) in [5, 5.41) is 13.0. The smallest absolute Gasteiger partial charge is 0.0172 e. The molecule has 8 aromatic carbocycles. The summed E-state index contributed by atoms with van der Waals surface area (Å²) in [6.07, 6.45) is 21.7. The number of hydrogen-bond donors (Lipinski definition) is 0. The minimum atomic E-state index is 1.18. The molecule has 0 nitrogen and oxygen atoms in total. The maximum Gasteiger partial charge on any atom is -0.0172 e. The molecule has 0 heteroatoms. The zero-order chi connectivity index (χ0) is 36.7. The number of unbranched alkanes of at least 4 members (excludes halogenated alkanes) is 6. The number of benzene rings is 8. The van der Waals surface area contributed by atoms with Crippen molar-refractivity contribution in [2.75, 3.05) is 0 Å². The highest BCUT2D eigenvalue weighted by molar-refractivity contribution is 6.01. The van der Waals surface area contributed by atoms with Gasteiger partial charge in [0.15, 0.2) is 0 Å². The van der Waals surface area contributed by atoms with E-state index in [1.807, 2.05) is 0 Å². The summed E-state index contributed by atoms with van der Waals surface area (Å²) < 4.78 is 0. The molecule has 0 bridgehead atoms. The fourth-order valence-corrected chi connectivity index (χ4v) is 8.04. The lowest BCUT2D eigenvalue weighted by atomic mass is 9.98. The van der Waals surface area contributed by atoms with Gasteiger partial charge < -0.3 is 0 Å². The van der Waals surface area contributed by atoms with Crippen LogP contribution in [0.2, 0.25) is 0 Å². The van der Waals surface area contributed by atoms with Crippen molar-refractivity contribution < 1.29 is 0 Å². The van der Waals surface area contributed by atoms with E-state index in [1.165, 1.54) is 151 Å². The van der Waals surface area contributed by atoms with Crippen LogP contribution in [0.25, 0.3) is 78.2 Å². The predicted octanol–water partition coefficient (Wildman–Crippen LogP) is 16.0. The standard InChI is InChI=1S/C54H52/c1-3-5-7-9-11-39-17-25-47-37-53-33-43(21-27-49(53)35-51(47)31-39)15-13-41-19-23-46-30-42(20-24-45(46)29-41)14-16-44-22-28-50-36-52-32-40(12-10-8-6-4-2)18-26-48(52)38-54(50)34-44/h13-38H,3-12H2,1-2H3. The molecule has 0 fully saturated rings. The van der Waals surface area contributed by atoms with Crippen LogP contribution in [-0.4, -0.2) is 0 Å². The molecule has 0 spiro atoms. The van der Waals surface area contributed by atoms with Crippen LogP contribution in [-0.2, 0) is 12.8 Å². The predicted molar refractivity (Wildman–Crippen MR) is 240 cm³/mol. The minimum Gasteiger partial charge on any atom is -0.0654 e. The van der Waals surface area contributed by atoms with E-state index in [4.69, 9.17) is 0 Å². The second kappa shape index (κ2) is 16.7. The Labute approximate surface area is 321 Å². The Hall–Kier alpha value is -5.46. The Morgan fingerprint density at radius 1 is 0.278 bits per heavy atom. The van der Waals surface area contributed by atoms with E-state index < -0.39 is 0 Å². The van der Waals surface area contributed by atoms with E-state index in [0.29, 0.717) is 0 Å². The molecule has 54 heavy (non-hydrogen) atoms. The number of aryl methyl sites for hydroxylation is 2. The quantitative estimate of drug-likeness (QED) is 0.0602. The van der Waals surface area contributed by atoms with Gasteiger partial charge in [-0.25, -0.2) is 0 Å². The first-order valence-corrected chi connectivity index (χ1v) is 20.4. The summed E-state index contributed by atoms with van der Waals surface area (Å²) in [5.41, 5.74) is 7.78. The summed E-state index contributed by atoms with van der Waals surface area (Å²) >= 11 is 0. The van der Waals surface area contributed by atoms with Crippen LogP contribution in [0, 0.1) is 0 Å². The largest absolute Gasteiger partial charge is 0.0654 e. The zero-order valence-electron chi connectivity index (χ0n) is 32.1. The molecule has 8 rings (SSSR count). The normalized spacial score (nSPS) is 12.1. The molecule has 0 N–H and O–H groups in total. The Morgan fingerprint density at radius 3 is 0.926 bits per heavy atom. The summed E-state index contributed by atoms with van der Waals surface area (Å²) in [4.78, 5) is 0. The van der Waals surface area contributed by atoms with Crippen molar-refractivity contribution in [1.82, 2.24) is 0 Å². The van der Waals surface area contributed by atoms with E-state index in [1.54, 1.807) is 0 Å². The highest BCUT2D eigenvalue weighted by atomic mass is 14.1. The monoisotopic (exact) mass is 700 g/mol. The van der Waals surface area contributed by atoms with Gasteiger partial charge in [0.1, 0.15) is 0 Å². The van der Waals surface area contributed by atoms with Crippen molar-refractivity contribution in [1.29, 1.82) is 0 Å². The van der Waals surface area contributed by atoms with Crippen molar-refractivity contribution in [3.63, 3.8) is 0 Å². The first kappa shape index (κ1) is 35.6. The number of rotatable bonds is 14. The SMILES string of the molecule is CCCCCCc1ccc2cc3cc(C=Cc4ccc5cc(C=Cc6ccc7cc8cc(CCCCCC)ccc8cc7c6)ccc5c4)ccc3cc2c1. The third-order valence-electron chi connectivity index (χ3n) is 11.2. The van der Waals surface area contributed by atoms with Crippen molar-refractivity contribution in [2.24, 2.45) is 0 Å². The third-order valence-corrected chi connectivity index (χ3v) is 11.2. The van der Waals surface area contributed by atoms with Crippen LogP contribution >= 0.6 is 0 Å². The van der Waals surface area contributed by atoms with Gasteiger partial charge in [0, 0.05) is 0 Å². The van der Waals surface area contributed by atoms with Crippen LogP contribution in [0.1, 0.15) is 98.6 Å². The number of fused-ring (bicyclic) bond motifs is 5. The van der Waals surface area contributed by atoms with Crippen LogP contribution < -0.4 is 0 Å². The van der Waals surface area contributed by atoms with Gasteiger partial charge in [-0.1, -0.05) is 162 Å². The maximum atomic E-state index is 2.39. The fourth-order valence-electron chi connectivity index (χ4n) is 8.04. The molecule has 0 aromatic heterocycles. The Balaban J connectivity index is 0.934. The van der Waals surface area contributed by atoms with Crippen molar-refractivity contribution in [3.8, 4) is 0 Å². The van der Waals surface area contributed by atoms with Gasteiger partial charge in [-0.2, -0.15) is 0 Å². The maximum absolute atomic E-state index is 2.39. The van der Waals surface area contributed by atoms with Crippen LogP contribution in [0.3, 0.4) is 0 Å². The summed E-state index contributed by atoms with van der Waals surface area (Å²) in [6.45, 7) is 4.55. The summed E-state index contributed by atoms with van der Waals surface area (Å²) in [5.74, 6) is 0. The van der Waals surface area contributed by atoms with E-state index in [2.05, 4.69) is 172 Å². The van der Waals surface area contributed by atoms with Gasteiger partial charge in [-0.15, -0.1) is 0 Å². The molecule has 0 radical (unpaired) electrons. The second-order valence-electron chi connectivity index (χ2n) is 15.4. The van der Waals surface area contributed by atoms with Crippen molar-refractivity contribution in [3.05, 3.63) is 167 Å². The highest BCUT2D eigenvalue weighted by Gasteiger charge is 2.04. The van der Waals surface area contributed by atoms with Gasteiger partial charge in [-0.3, -0.25) is 0 Å². The minimum absolute atomic E-state index is 1.18. The molecule has 0 saturated carbocycles. The van der Waals surface area contributed by atoms with Gasteiger partial charge in [0.05, 0.1) is 0 Å². The molecule has 0 atom stereocenters. The van der Waals surface area contributed by atoms with E-state index in [-0.39, 0.29) is 0 Å². The lowest BCUT2D eigenvalue weighted by Crippen LogP contribution is -1.87. The molecule has 0 unspecified atom stereocenters. The lowest BCUT2D eigenvalue weighted by molar-refractivity contribution is 0.667. The molecular formula is C54H52. The molecule has 268 valence electrons. The first-order valence-electron chi connectivity index (χ1n) is 20.4. The van der Waals surface area contributed by atoms with E-state index in [0.717, 1.165) is 0 Å². The van der Waals surface area contributed by atoms with Gasteiger partial charge in [-0.05, 0) is 161 Å². The fraction of sp³-hybridized carbons (Fsp3) is 0.222. The topological polar surface area (TPSA) is 0 Å². The highest BCUT2D eigenvalue weighted by Crippen LogP contribution is 2.29. The molecule has 0 amide bonds. The van der Waals surface area contributed by atoms with E-state index in [9.17, 15) is 0 Å². The Kier molecular flexibility index (Phi) is 11.0. The van der Waals surface area contributed by atoms with Gasteiger partial charge >= 0.3 is 0 Å². The van der Waals surface area contributed by atoms with Gasteiger partial charge in [0.2, 0.25) is 0 Å². The van der Waals surface area contributed by atoms with Crippen LogP contribution in [0.15, 0.2) is 133 Å². The second-order valence-corrected chi connectivity index (χ2v) is 15.4. The average molecular weight is 701 g/mol. The van der Waals surface area contributed by atoms with Crippen molar-refractivity contribution in [2.45, 2.75) is 78.1 Å².